The van der Waals surface area contributed by atoms with Gasteiger partial charge in [0.05, 0.1) is 5.56 Å². The summed E-state index contributed by atoms with van der Waals surface area (Å²) in [5.41, 5.74) is 0.836. The molecule has 4 heteroatoms. The van der Waals surface area contributed by atoms with Crippen LogP contribution in [0.1, 0.15) is 12.5 Å². The molecule has 0 aliphatic carbocycles. The molecule has 17 heavy (non-hydrogen) atoms. The highest BCUT2D eigenvalue weighted by atomic mass is 32.2. The maximum absolute atomic E-state index is 9.25. The fourth-order valence-electron chi connectivity index (χ4n) is 1.36. The third-order valence-corrected chi connectivity index (χ3v) is 4.17. The quantitative estimate of drug-likeness (QED) is 0.738. The molecule has 0 fully saturated rings. The molecule has 0 unspecified atom stereocenters. The Labute approximate surface area is 112 Å². The highest BCUT2D eigenvalue weighted by molar-refractivity contribution is 8.00. The van der Waals surface area contributed by atoms with Gasteiger partial charge in [0.15, 0.2) is 0 Å². The molecule has 0 radical (unpaired) electrons. The first-order valence-electron chi connectivity index (χ1n) is 5.62. The average Bonchev–Trinajstić information content (AvgIpc) is 2.29. The van der Waals surface area contributed by atoms with Crippen LogP contribution in [0, 0.1) is 11.3 Å². The van der Waals surface area contributed by atoms with Gasteiger partial charge in [0.25, 0.3) is 0 Å². The smallest absolute Gasteiger partial charge is 0.101 e. The van der Waals surface area contributed by atoms with E-state index in [-0.39, 0.29) is 0 Å². The van der Waals surface area contributed by atoms with Crippen LogP contribution in [-0.2, 0) is 0 Å². The summed E-state index contributed by atoms with van der Waals surface area (Å²) >= 11 is 3.50. The van der Waals surface area contributed by atoms with Gasteiger partial charge < -0.3 is 4.90 Å². The molecular weight excluding hydrogens is 248 g/mol. The predicted octanol–water partition coefficient (Wildman–Crippen LogP) is 3.32. The van der Waals surface area contributed by atoms with E-state index in [1.165, 1.54) is 0 Å². The lowest BCUT2D eigenvalue weighted by molar-refractivity contribution is 0.437. The fourth-order valence-corrected chi connectivity index (χ4v) is 3.36. The van der Waals surface area contributed by atoms with Gasteiger partial charge in [0.2, 0.25) is 0 Å². The lowest BCUT2D eigenvalue weighted by atomic mass is 10.2. The van der Waals surface area contributed by atoms with Gasteiger partial charge >= 0.3 is 0 Å². The number of nitriles is 1. The maximum Gasteiger partial charge on any atom is 0.101 e. The molecule has 0 amide bonds. The summed E-state index contributed by atoms with van der Waals surface area (Å²) in [6, 6.07) is 8.44. The van der Waals surface area contributed by atoms with Crippen molar-refractivity contribution in [2.24, 2.45) is 0 Å². The van der Waals surface area contributed by atoms with Gasteiger partial charge in [-0.2, -0.15) is 5.26 Å². The zero-order chi connectivity index (χ0) is 12.7. The monoisotopic (exact) mass is 266 g/mol. The molecule has 0 spiro atoms. The van der Waals surface area contributed by atoms with Crippen molar-refractivity contribution in [3.63, 3.8) is 0 Å². The molecule has 0 aromatic heterocycles. The van der Waals surface area contributed by atoms with E-state index in [4.69, 9.17) is 0 Å². The standard InChI is InChI=1S/C13H18N2S2/c1-4-16-12-6-5-7-13(11(12)10-14)17-9-8-15(2)3/h5-7H,4,8-9H2,1-3H3. The molecule has 0 bridgehead atoms. The van der Waals surface area contributed by atoms with Crippen molar-refractivity contribution in [2.45, 2.75) is 16.7 Å². The van der Waals surface area contributed by atoms with Gasteiger partial charge in [-0.15, -0.1) is 23.5 Å². The third kappa shape index (κ3) is 4.63. The summed E-state index contributed by atoms with van der Waals surface area (Å²) in [7, 11) is 4.13. The van der Waals surface area contributed by atoms with Crippen molar-refractivity contribution in [1.29, 1.82) is 5.26 Å². The van der Waals surface area contributed by atoms with Gasteiger partial charge in [-0.1, -0.05) is 13.0 Å². The van der Waals surface area contributed by atoms with Crippen molar-refractivity contribution in [1.82, 2.24) is 4.90 Å². The molecule has 1 aromatic carbocycles. The number of rotatable bonds is 6. The van der Waals surface area contributed by atoms with Crippen LogP contribution in [0.25, 0.3) is 0 Å². The normalized spacial score (nSPS) is 10.5. The molecule has 1 rings (SSSR count). The second kappa shape index (κ2) is 7.65. The van der Waals surface area contributed by atoms with Gasteiger partial charge in [-0.05, 0) is 32.0 Å². The Balaban J connectivity index is 2.77. The van der Waals surface area contributed by atoms with E-state index in [1.54, 1.807) is 23.5 Å². The summed E-state index contributed by atoms with van der Waals surface area (Å²) < 4.78 is 0. The van der Waals surface area contributed by atoms with E-state index >= 15 is 0 Å². The number of benzene rings is 1. The van der Waals surface area contributed by atoms with E-state index < -0.39 is 0 Å². The van der Waals surface area contributed by atoms with E-state index in [9.17, 15) is 5.26 Å². The van der Waals surface area contributed by atoms with E-state index in [0.717, 1.165) is 33.4 Å². The highest BCUT2D eigenvalue weighted by Gasteiger charge is 2.08. The summed E-state index contributed by atoms with van der Waals surface area (Å²) in [5, 5.41) is 9.25. The Morgan fingerprint density at radius 3 is 2.41 bits per heavy atom. The summed E-state index contributed by atoms with van der Waals surface area (Å²) in [6.45, 7) is 3.14. The van der Waals surface area contributed by atoms with Crippen LogP contribution >= 0.6 is 23.5 Å². The Morgan fingerprint density at radius 1 is 1.24 bits per heavy atom. The molecule has 1 aromatic rings. The second-order valence-electron chi connectivity index (χ2n) is 3.83. The summed E-state index contributed by atoms with van der Waals surface area (Å²) in [5.74, 6) is 2.02. The fraction of sp³-hybridized carbons (Fsp3) is 0.462. The van der Waals surface area contributed by atoms with Crippen LogP contribution in [-0.4, -0.2) is 37.0 Å². The zero-order valence-corrected chi connectivity index (χ0v) is 12.2. The number of hydrogen-bond acceptors (Lipinski definition) is 4. The predicted molar refractivity (Wildman–Crippen MR) is 76.8 cm³/mol. The van der Waals surface area contributed by atoms with Crippen molar-refractivity contribution in [2.75, 3.05) is 32.1 Å². The topological polar surface area (TPSA) is 27.0 Å². The van der Waals surface area contributed by atoms with Crippen LogP contribution in [0.3, 0.4) is 0 Å². The van der Waals surface area contributed by atoms with E-state index in [1.807, 2.05) is 18.2 Å². The van der Waals surface area contributed by atoms with Crippen LogP contribution in [0.5, 0.6) is 0 Å². The minimum Gasteiger partial charge on any atom is -0.309 e. The first-order valence-corrected chi connectivity index (χ1v) is 7.59. The summed E-state index contributed by atoms with van der Waals surface area (Å²) in [4.78, 5) is 4.36. The minimum atomic E-state index is 0.836. The van der Waals surface area contributed by atoms with Crippen molar-refractivity contribution in [3.8, 4) is 6.07 Å². The number of thioether (sulfide) groups is 2. The lowest BCUT2D eigenvalue weighted by Gasteiger charge is -2.11. The molecule has 0 saturated carbocycles. The molecule has 0 saturated heterocycles. The Morgan fingerprint density at radius 2 is 1.88 bits per heavy atom. The van der Waals surface area contributed by atoms with Crippen molar-refractivity contribution in [3.05, 3.63) is 23.8 Å². The maximum atomic E-state index is 9.25. The van der Waals surface area contributed by atoms with Gasteiger partial charge in [-0.25, -0.2) is 0 Å². The van der Waals surface area contributed by atoms with Crippen LogP contribution in [0.2, 0.25) is 0 Å². The molecule has 2 nitrogen and oxygen atoms in total. The van der Waals surface area contributed by atoms with E-state index in [0.29, 0.717) is 0 Å². The molecule has 0 N–H and O–H groups in total. The molecule has 0 atom stereocenters. The SMILES string of the molecule is CCSc1cccc(SCCN(C)C)c1C#N. The lowest BCUT2D eigenvalue weighted by Crippen LogP contribution is -2.14. The van der Waals surface area contributed by atoms with Crippen LogP contribution in [0.4, 0.5) is 0 Å². The molecule has 0 aliphatic rings. The van der Waals surface area contributed by atoms with Gasteiger partial charge in [-0.3, -0.25) is 0 Å². The Kier molecular flexibility index (Phi) is 6.49. The van der Waals surface area contributed by atoms with Crippen molar-refractivity contribution < 1.29 is 0 Å². The van der Waals surface area contributed by atoms with Crippen LogP contribution in [0.15, 0.2) is 28.0 Å². The minimum absolute atomic E-state index is 0.836. The molecule has 0 aliphatic heterocycles. The molecular formula is C13H18N2S2. The highest BCUT2D eigenvalue weighted by Crippen LogP contribution is 2.30. The Hall–Kier alpha value is -0.630. The first kappa shape index (κ1) is 14.4. The largest absolute Gasteiger partial charge is 0.309 e. The van der Waals surface area contributed by atoms with Gasteiger partial charge in [0.1, 0.15) is 6.07 Å². The zero-order valence-electron chi connectivity index (χ0n) is 10.6. The average molecular weight is 266 g/mol. The summed E-state index contributed by atoms with van der Waals surface area (Å²) in [6.07, 6.45) is 0. The third-order valence-electron chi connectivity index (χ3n) is 2.20. The van der Waals surface area contributed by atoms with Crippen molar-refractivity contribution >= 4 is 23.5 Å². The number of nitrogens with zero attached hydrogens (tertiary/aromatic N) is 2. The first-order chi connectivity index (χ1) is 8.19. The Bertz CT molecular complexity index is 397. The van der Waals surface area contributed by atoms with Crippen LogP contribution < -0.4 is 0 Å². The second-order valence-corrected chi connectivity index (χ2v) is 6.27. The van der Waals surface area contributed by atoms with E-state index in [2.05, 4.69) is 32.0 Å². The molecule has 0 heterocycles. The molecule has 92 valence electrons. The van der Waals surface area contributed by atoms with Gasteiger partial charge in [0, 0.05) is 22.1 Å². The number of hydrogen-bond donors (Lipinski definition) is 0.